The van der Waals surface area contributed by atoms with Gasteiger partial charge in [0, 0.05) is 17.3 Å². The van der Waals surface area contributed by atoms with Crippen molar-refractivity contribution in [2.24, 2.45) is 4.99 Å². The van der Waals surface area contributed by atoms with Gasteiger partial charge in [0.25, 0.3) is 0 Å². The fraction of sp³-hybridized carbons (Fsp3) is 0.364. The monoisotopic (exact) mass is 259 g/mol. The van der Waals surface area contributed by atoms with Crippen LogP contribution in [0.25, 0.3) is 0 Å². The molecule has 16 heavy (non-hydrogen) atoms. The smallest absolute Gasteiger partial charge is 0.116 e. The molecular formula is C11H15Cl2N3. The molecule has 88 valence electrons. The molecule has 0 saturated carbocycles. The van der Waals surface area contributed by atoms with Gasteiger partial charge in [0.15, 0.2) is 0 Å². The van der Waals surface area contributed by atoms with Crippen LogP contribution in [0.1, 0.15) is 5.56 Å². The lowest BCUT2D eigenvalue weighted by atomic mass is 10.2. The Balaban J connectivity index is 0.00000128. The Bertz CT molecular complexity index is 391. The van der Waals surface area contributed by atoms with Crippen LogP contribution in [0.15, 0.2) is 23.2 Å². The zero-order chi connectivity index (χ0) is 10.7. The van der Waals surface area contributed by atoms with E-state index in [0.717, 1.165) is 41.7 Å². The summed E-state index contributed by atoms with van der Waals surface area (Å²) >= 11 is 6.02. The van der Waals surface area contributed by atoms with Gasteiger partial charge in [-0.2, -0.15) is 0 Å². The molecule has 0 amide bonds. The minimum Gasteiger partial charge on any atom is -0.378 e. The second-order valence-corrected chi connectivity index (χ2v) is 3.93. The molecule has 0 fully saturated rings. The van der Waals surface area contributed by atoms with Gasteiger partial charge in [-0.25, -0.2) is 0 Å². The Kier molecular flexibility index (Phi) is 4.90. The molecule has 2 rings (SSSR count). The first-order chi connectivity index (χ1) is 7.27. The summed E-state index contributed by atoms with van der Waals surface area (Å²) < 4.78 is 0. The van der Waals surface area contributed by atoms with Gasteiger partial charge in [-0.15, -0.1) is 12.4 Å². The quantitative estimate of drug-likeness (QED) is 0.876. The van der Waals surface area contributed by atoms with Crippen molar-refractivity contribution < 1.29 is 0 Å². The lowest BCUT2D eigenvalue weighted by Gasteiger charge is -2.10. The van der Waals surface area contributed by atoms with Gasteiger partial charge in [-0.1, -0.05) is 17.7 Å². The molecule has 0 saturated heterocycles. The number of aliphatic imine (C=N–C) groups is 1. The molecule has 0 unspecified atom stereocenters. The van der Waals surface area contributed by atoms with Crippen LogP contribution in [-0.2, 0) is 0 Å². The lowest BCUT2D eigenvalue weighted by Crippen LogP contribution is -2.26. The van der Waals surface area contributed by atoms with Crippen LogP contribution < -0.4 is 10.6 Å². The first-order valence-corrected chi connectivity index (χ1v) is 5.41. The van der Waals surface area contributed by atoms with Crippen molar-refractivity contribution >= 4 is 35.5 Å². The maximum absolute atomic E-state index is 6.02. The molecule has 1 aliphatic rings. The number of hydrogen-bond acceptors (Lipinski definition) is 3. The average Bonchev–Trinajstić information content (AvgIpc) is 2.73. The molecule has 0 bridgehead atoms. The van der Waals surface area contributed by atoms with Crippen molar-refractivity contribution in [1.29, 1.82) is 0 Å². The van der Waals surface area contributed by atoms with Gasteiger partial charge in [-0.3, -0.25) is 4.99 Å². The fourth-order valence-corrected chi connectivity index (χ4v) is 1.72. The van der Waals surface area contributed by atoms with Crippen molar-refractivity contribution in [2.75, 3.05) is 25.0 Å². The number of amidine groups is 1. The summed E-state index contributed by atoms with van der Waals surface area (Å²) in [4.78, 5) is 4.31. The topological polar surface area (TPSA) is 36.4 Å². The average molecular weight is 260 g/mol. The van der Waals surface area contributed by atoms with E-state index >= 15 is 0 Å². The summed E-state index contributed by atoms with van der Waals surface area (Å²) in [6.07, 6.45) is 0. The van der Waals surface area contributed by atoms with Crippen molar-refractivity contribution in [2.45, 2.75) is 6.92 Å². The SMILES string of the molecule is Cc1c(Cl)cccc1NCC1=NCCN1.Cl. The molecule has 0 atom stereocenters. The second-order valence-electron chi connectivity index (χ2n) is 3.52. The third-order valence-electron chi connectivity index (χ3n) is 2.46. The molecular weight excluding hydrogens is 245 g/mol. The molecule has 3 nitrogen and oxygen atoms in total. The fourth-order valence-electron chi connectivity index (χ4n) is 1.54. The maximum Gasteiger partial charge on any atom is 0.116 e. The van der Waals surface area contributed by atoms with Gasteiger partial charge in [0.05, 0.1) is 13.1 Å². The number of benzene rings is 1. The van der Waals surface area contributed by atoms with Crippen LogP contribution in [0, 0.1) is 6.92 Å². The predicted molar refractivity (Wildman–Crippen MR) is 72.2 cm³/mol. The summed E-state index contributed by atoms with van der Waals surface area (Å²) in [6.45, 7) is 4.58. The molecule has 5 heteroatoms. The van der Waals surface area contributed by atoms with Gasteiger partial charge in [-0.05, 0) is 24.6 Å². The van der Waals surface area contributed by atoms with E-state index < -0.39 is 0 Å². The predicted octanol–water partition coefficient (Wildman–Crippen LogP) is 2.48. The second kappa shape index (κ2) is 5.97. The third-order valence-corrected chi connectivity index (χ3v) is 2.87. The van der Waals surface area contributed by atoms with Crippen LogP contribution in [0.4, 0.5) is 5.69 Å². The summed E-state index contributed by atoms with van der Waals surface area (Å²) in [5.74, 6) is 1.02. The van der Waals surface area contributed by atoms with E-state index in [9.17, 15) is 0 Å². The van der Waals surface area contributed by atoms with E-state index in [1.54, 1.807) is 0 Å². The van der Waals surface area contributed by atoms with E-state index in [4.69, 9.17) is 11.6 Å². The highest BCUT2D eigenvalue weighted by Gasteiger charge is 2.06. The van der Waals surface area contributed by atoms with E-state index in [1.165, 1.54) is 0 Å². The van der Waals surface area contributed by atoms with Crippen LogP contribution in [0.3, 0.4) is 0 Å². The number of anilines is 1. The normalized spacial score (nSPS) is 13.8. The van der Waals surface area contributed by atoms with Crippen molar-refractivity contribution in [3.8, 4) is 0 Å². The Hall–Kier alpha value is -0.930. The van der Waals surface area contributed by atoms with E-state index in [0.29, 0.717) is 0 Å². The van der Waals surface area contributed by atoms with E-state index in [-0.39, 0.29) is 12.4 Å². The first-order valence-electron chi connectivity index (χ1n) is 5.03. The van der Waals surface area contributed by atoms with Crippen LogP contribution >= 0.6 is 24.0 Å². The Morgan fingerprint density at radius 3 is 3.00 bits per heavy atom. The highest BCUT2D eigenvalue weighted by atomic mass is 35.5. The Morgan fingerprint density at radius 1 is 1.50 bits per heavy atom. The van der Waals surface area contributed by atoms with E-state index in [2.05, 4.69) is 15.6 Å². The number of nitrogens with one attached hydrogen (secondary N) is 2. The Morgan fingerprint density at radius 2 is 2.31 bits per heavy atom. The standard InChI is InChI=1S/C11H14ClN3.ClH/c1-8-9(12)3-2-4-10(8)15-7-11-13-5-6-14-11;/h2-4,15H,5-7H2,1H3,(H,13,14);1H. The van der Waals surface area contributed by atoms with E-state index in [1.807, 2.05) is 25.1 Å². The number of nitrogens with zero attached hydrogens (tertiary/aromatic N) is 1. The van der Waals surface area contributed by atoms with Gasteiger partial charge >= 0.3 is 0 Å². The molecule has 0 aromatic heterocycles. The summed E-state index contributed by atoms with van der Waals surface area (Å²) in [5, 5.41) is 7.33. The minimum atomic E-state index is 0. The molecule has 1 heterocycles. The van der Waals surface area contributed by atoms with Crippen LogP contribution in [-0.4, -0.2) is 25.5 Å². The number of rotatable bonds is 3. The molecule has 0 radical (unpaired) electrons. The summed E-state index contributed by atoms with van der Waals surface area (Å²) in [5.41, 5.74) is 2.15. The molecule has 0 spiro atoms. The van der Waals surface area contributed by atoms with Gasteiger partial charge in [0.1, 0.15) is 5.84 Å². The maximum atomic E-state index is 6.02. The highest BCUT2D eigenvalue weighted by molar-refractivity contribution is 6.31. The number of hydrogen-bond donors (Lipinski definition) is 2. The van der Waals surface area contributed by atoms with Crippen LogP contribution in [0.2, 0.25) is 5.02 Å². The van der Waals surface area contributed by atoms with Crippen LogP contribution in [0.5, 0.6) is 0 Å². The summed E-state index contributed by atoms with van der Waals surface area (Å²) in [7, 11) is 0. The van der Waals surface area contributed by atoms with Crippen molar-refractivity contribution in [3.63, 3.8) is 0 Å². The van der Waals surface area contributed by atoms with Gasteiger partial charge < -0.3 is 10.6 Å². The third kappa shape index (κ3) is 3.03. The largest absolute Gasteiger partial charge is 0.378 e. The number of halogens is 2. The summed E-state index contributed by atoms with van der Waals surface area (Å²) in [6, 6.07) is 5.87. The van der Waals surface area contributed by atoms with Gasteiger partial charge in [0.2, 0.25) is 0 Å². The molecule has 2 N–H and O–H groups in total. The first kappa shape index (κ1) is 13.1. The molecule has 1 aliphatic heterocycles. The molecule has 1 aromatic carbocycles. The molecule has 0 aliphatic carbocycles. The Labute approximate surface area is 107 Å². The zero-order valence-electron chi connectivity index (χ0n) is 9.09. The molecule has 1 aromatic rings. The zero-order valence-corrected chi connectivity index (χ0v) is 10.7. The van der Waals surface area contributed by atoms with Crippen molar-refractivity contribution in [1.82, 2.24) is 5.32 Å². The highest BCUT2D eigenvalue weighted by Crippen LogP contribution is 2.22. The van der Waals surface area contributed by atoms with Crippen molar-refractivity contribution in [3.05, 3.63) is 28.8 Å². The lowest BCUT2D eigenvalue weighted by molar-refractivity contribution is 0.956. The minimum absolute atomic E-state index is 0.